The van der Waals surface area contributed by atoms with E-state index in [0.717, 1.165) is 6.08 Å². The van der Waals surface area contributed by atoms with Crippen molar-refractivity contribution in [2.75, 3.05) is 13.7 Å². The minimum absolute atomic E-state index is 0.297. The van der Waals surface area contributed by atoms with Gasteiger partial charge >= 0.3 is 5.97 Å². The molecule has 0 radical (unpaired) electrons. The molecule has 0 fully saturated rings. The molecular formula is C13H14O5. The van der Waals surface area contributed by atoms with Gasteiger partial charge in [0.2, 0.25) is 0 Å². The maximum Gasteiger partial charge on any atom is 0.333 e. The Morgan fingerprint density at radius 3 is 2.78 bits per heavy atom. The maximum absolute atomic E-state index is 11.0. The van der Waals surface area contributed by atoms with Crippen molar-refractivity contribution in [2.24, 2.45) is 0 Å². The third kappa shape index (κ3) is 3.93. The van der Waals surface area contributed by atoms with Crippen LogP contribution >= 0.6 is 0 Å². The van der Waals surface area contributed by atoms with E-state index in [1.165, 1.54) is 13.4 Å². The second kappa shape index (κ2) is 7.11. The zero-order valence-electron chi connectivity index (χ0n) is 10.2. The lowest BCUT2D eigenvalue weighted by Gasteiger charge is -2.05. The Bertz CT molecular complexity index is 451. The summed E-state index contributed by atoms with van der Waals surface area (Å²) in [7, 11) is 1.51. The van der Waals surface area contributed by atoms with Crippen molar-refractivity contribution in [3.63, 3.8) is 0 Å². The van der Waals surface area contributed by atoms with Gasteiger partial charge in [0.15, 0.2) is 6.29 Å². The molecule has 1 aromatic rings. The molecule has 96 valence electrons. The van der Waals surface area contributed by atoms with Crippen LogP contribution in [-0.2, 0) is 9.53 Å². The van der Waals surface area contributed by atoms with Gasteiger partial charge in [-0.2, -0.15) is 0 Å². The summed E-state index contributed by atoms with van der Waals surface area (Å²) in [4.78, 5) is 21.9. The van der Waals surface area contributed by atoms with Gasteiger partial charge in [-0.3, -0.25) is 4.79 Å². The summed E-state index contributed by atoms with van der Waals surface area (Å²) in [5, 5.41) is 0. The van der Waals surface area contributed by atoms with Crippen LogP contribution in [0.1, 0.15) is 17.3 Å². The van der Waals surface area contributed by atoms with Crippen LogP contribution in [0.15, 0.2) is 30.5 Å². The van der Waals surface area contributed by atoms with Crippen molar-refractivity contribution in [1.82, 2.24) is 0 Å². The Morgan fingerprint density at radius 2 is 2.17 bits per heavy atom. The third-order valence-electron chi connectivity index (χ3n) is 2.03. The van der Waals surface area contributed by atoms with Gasteiger partial charge in [0.25, 0.3) is 0 Å². The van der Waals surface area contributed by atoms with Crippen LogP contribution in [0.3, 0.4) is 0 Å². The molecule has 5 nitrogen and oxygen atoms in total. The first-order valence-electron chi connectivity index (χ1n) is 5.34. The number of benzene rings is 1. The van der Waals surface area contributed by atoms with Crippen molar-refractivity contribution in [3.8, 4) is 11.5 Å². The molecule has 0 aromatic heterocycles. The topological polar surface area (TPSA) is 61.8 Å². The number of hydrogen-bond acceptors (Lipinski definition) is 5. The minimum atomic E-state index is -0.501. The Balaban J connectivity index is 2.72. The first kappa shape index (κ1) is 13.8. The van der Waals surface area contributed by atoms with Crippen molar-refractivity contribution < 1.29 is 23.8 Å². The molecule has 0 spiro atoms. The molecule has 0 unspecified atom stereocenters. The van der Waals surface area contributed by atoms with Gasteiger partial charge in [0, 0.05) is 0 Å². The smallest absolute Gasteiger partial charge is 0.333 e. The van der Waals surface area contributed by atoms with Crippen molar-refractivity contribution in [2.45, 2.75) is 6.92 Å². The second-order valence-electron chi connectivity index (χ2n) is 3.19. The largest absolute Gasteiger partial charge is 0.497 e. The fourth-order valence-electron chi connectivity index (χ4n) is 1.21. The number of rotatable bonds is 6. The Labute approximate surface area is 105 Å². The summed E-state index contributed by atoms with van der Waals surface area (Å²) in [5.41, 5.74) is 0.336. The summed E-state index contributed by atoms with van der Waals surface area (Å²) < 4.78 is 14.8. The lowest BCUT2D eigenvalue weighted by molar-refractivity contribution is -0.137. The van der Waals surface area contributed by atoms with Gasteiger partial charge in [-0.05, 0) is 25.1 Å². The predicted molar refractivity (Wildman–Crippen MR) is 64.8 cm³/mol. The Kier molecular flexibility index (Phi) is 5.44. The van der Waals surface area contributed by atoms with E-state index in [9.17, 15) is 9.59 Å². The summed E-state index contributed by atoms with van der Waals surface area (Å²) >= 11 is 0. The average molecular weight is 250 g/mol. The molecule has 0 bridgehead atoms. The quantitative estimate of drug-likeness (QED) is 0.334. The van der Waals surface area contributed by atoms with Gasteiger partial charge in [-0.1, -0.05) is 0 Å². The van der Waals surface area contributed by atoms with E-state index in [0.29, 0.717) is 30.0 Å². The van der Waals surface area contributed by atoms with Crippen molar-refractivity contribution >= 4 is 12.3 Å². The van der Waals surface area contributed by atoms with E-state index < -0.39 is 5.97 Å². The van der Waals surface area contributed by atoms with Crippen molar-refractivity contribution in [3.05, 3.63) is 36.1 Å². The zero-order valence-corrected chi connectivity index (χ0v) is 10.2. The van der Waals surface area contributed by atoms with Gasteiger partial charge in [0.05, 0.1) is 31.6 Å². The number of methoxy groups -OCH3 is 1. The van der Waals surface area contributed by atoms with E-state index in [1.54, 1.807) is 25.1 Å². The summed E-state index contributed by atoms with van der Waals surface area (Å²) in [6.07, 6.45) is 2.96. The number of carbonyl (C=O) groups excluding carboxylic acids is 2. The van der Waals surface area contributed by atoms with Crippen LogP contribution in [-0.4, -0.2) is 26.0 Å². The molecule has 0 heterocycles. The van der Waals surface area contributed by atoms with E-state index in [2.05, 4.69) is 4.74 Å². The fourth-order valence-corrected chi connectivity index (χ4v) is 1.21. The van der Waals surface area contributed by atoms with E-state index >= 15 is 0 Å². The lowest BCUT2D eigenvalue weighted by atomic mass is 10.2. The highest BCUT2D eigenvalue weighted by molar-refractivity contribution is 5.82. The van der Waals surface area contributed by atoms with E-state index in [-0.39, 0.29) is 0 Å². The molecule has 1 aromatic carbocycles. The Hall–Kier alpha value is -2.30. The van der Waals surface area contributed by atoms with Gasteiger partial charge in [-0.15, -0.1) is 0 Å². The monoisotopic (exact) mass is 250 g/mol. The summed E-state index contributed by atoms with van der Waals surface area (Å²) in [5.74, 6) is 0.392. The number of ether oxygens (including phenoxy) is 3. The molecule has 0 atom stereocenters. The first-order valence-corrected chi connectivity index (χ1v) is 5.34. The molecule has 1 rings (SSSR count). The van der Waals surface area contributed by atoms with Crippen LogP contribution in [0.4, 0.5) is 0 Å². The average Bonchev–Trinajstić information content (AvgIpc) is 2.39. The fraction of sp³-hybridized carbons (Fsp3) is 0.231. The molecule has 0 amide bonds. The SMILES string of the molecule is CCOC(=O)/C=C/Oc1ccc(OC)cc1C=O. The third-order valence-corrected chi connectivity index (χ3v) is 2.03. The molecule has 0 N–H and O–H groups in total. The highest BCUT2D eigenvalue weighted by Crippen LogP contribution is 2.22. The molecule has 0 saturated carbocycles. The predicted octanol–water partition coefficient (Wildman–Crippen LogP) is 1.96. The second-order valence-corrected chi connectivity index (χ2v) is 3.19. The highest BCUT2D eigenvalue weighted by Gasteiger charge is 2.04. The first-order chi connectivity index (χ1) is 8.71. The number of esters is 1. The van der Waals surface area contributed by atoms with E-state index in [1.807, 2.05) is 0 Å². The number of aldehydes is 1. The van der Waals surface area contributed by atoms with Crippen LogP contribution in [0, 0.1) is 0 Å². The summed E-state index contributed by atoms with van der Waals surface area (Å²) in [6, 6.07) is 4.78. The molecule has 0 aliphatic carbocycles. The molecular weight excluding hydrogens is 236 g/mol. The Morgan fingerprint density at radius 1 is 1.39 bits per heavy atom. The van der Waals surface area contributed by atoms with Crippen LogP contribution in [0.5, 0.6) is 11.5 Å². The van der Waals surface area contributed by atoms with Crippen LogP contribution in [0.2, 0.25) is 0 Å². The summed E-state index contributed by atoms with van der Waals surface area (Å²) in [6.45, 7) is 2.01. The van der Waals surface area contributed by atoms with E-state index in [4.69, 9.17) is 9.47 Å². The standard InChI is InChI=1S/C13H14O5/c1-3-17-13(15)6-7-18-12-5-4-11(16-2)8-10(12)9-14/h4-9H,3H2,1-2H3/b7-6+. The van der Waals surface area contributed by atoms with Gasteiger partial charge < -0.3 is 14.2 Å². The maximum atomic E-state index is 11.0. The highest BCUT2D eigenvalue weighted by atomic mass is 16.5. The molecule has 5 heteroatoms. The molecule has 18 heavy (non-hydrogen) atoms. The van der Waals surface area contributed by atoms with Crippen molar-refractivity contribution in [1.29, 1.82) is 0 Å². The zero-order chi connectivity index (χ0) is 13.4. The minimum Gasteiger partial charge on any atom is -0.497 e. The molecule has 0 saturated heterocycles. The number of carbonyl (C=O) groups is 2. The number of hydrogen-bond donors (Lipinski definition) is 0. The van der Waals surface area contributed by atoms with Gasteiger partial charge in [-0.25, -0.2) is 4.79 Å². The van der Waals surface area contributed by atoms with Crippen LogP contribution in [0.25, 0.3) is 0 Å². The molecule has 0 aliphatic rings. The lowest BCUT2D eigenvalue weighted by Crippen LogP contribution is -2.00. The molecule has 0 aliphatic heterocycles. The van der Waals surface area contributed by atoms with Crippen LogP contribution < -0.4 is 9.47 Å². The normalized spacial score (nSPS) is 10.1. The van der Waals surface area contributed by atoms with Gasteiger partial charge in [0.1, 0.15) is 11.5 Å².